The lowest BCUT2D eigenvalue weighted by atomic mass is 10.0. The van der Waals surface area contributed by atoms with Crippen molar-refractivity contribution >= 4 is 23.2 Å². The Bertz CT molecular complexity index is 441. The zero-order valence-corrected chi connectivity index (χ0v) is 9.25. The normalized spacial score (nSPS) is 22.9. The standard InChI is InChI=1S/C11H12ClN3/c1-7-9-6-8(12)2-3-10(9)14-11-13-4-5-15(7)11/h2-3,6-7H,4-5H2,1H3,(H,13,14). The van der Waals surface area contributed by atoms with E-state index in [0.717, 1.165) is 29.8 Å². The molecule has 3 nitrogen and oxygen atoms in total. The zero-order chi connectivity index (χ0) is 10.4. The molecule has 3 rings (SSSR count). The van der Waals surface area contributed by atoms with Gasteiger partial charge in [0.05, 0.1) is 12.6 Å². The number of hydrogen-bond donors (Lipinski definition) is 1. The van der Waals surface area contributed by atoms with Crippen molar-refractivity contribution in [2.75, 3.05) is 18.4 Å². The predicted octanol–water partition coefficient (Wildman–Crippen LogP) is 2.50. The number of anilines is 1. The van der Waals surface area contributed by atoms with E-state index in [2.05, 4.69) is 22.1 Å². The average Bonchev–Trinajstić information content (AvgIpc) is 2.68. The van der Waals surface area contributed by atoms with Crippen LogP contribution in [-0.2, 0) is 0 Å². The van der Waals surface area contributed by atoms with Gasteiger partial charge in [-0.2, -0.15) is 0 Å². The summed E-state index contributed by atoms with van der Waals surface area (Å²) < 4.78 is 0. The molecule has 15 heavy (non-hydrogen) atoms. The number of benzene rings is 1. The third-order valence-electron chi connectivity index (χ3n) is 3.05. The van der Waals surface area contributed by atoms with Crippen molar-refractivity contribution in [3.05, 3.63) is 28.8 Å². The summed E-state index contributed by atoms with van der Waals surface area (Å²) in [6.45, 7) is 4.07. The van der Waals surface area contributed by atoms with Gasteiger partial charge in [0.1, 0.15) is 0 Å². The Labute approximate surface area is 93.8 Å². The SMILES string of the molecule is CC1c2cc(Cl)ccc2NC2=NCCN21. The van der Waals surface area contributed by atoms with Crippen LogP contribution in [0.15, 0.2) is 23.2 Å². The highest BCUT2D eigenvalue weighted by molar-refractivity contribution is 6.30. The fourth-order valence-electron chi connectivity index (χ4n) is 2.23. The van der Waals surface area contributed by atoms with E-state index in [-0.39, 0.29) is 0 Å². The van der Waals surface area contributed by atoms with Gasteiger partial charge in [0.2, 0.25) is 0 Å². The fourth-order valence-corrected chi connectivity index (χ4v) is 2.41. The summed E-state index contributed by atoms with van der Waals surface area (Å²) in [6, 6.07) is 6.32. The number of guanidine groups is 1. The zero-order valence-electron chi connectivity index (χ0n) is 8.50. The molecule has 0 saturated carbocycles. The lowest BCUT2D eigenvalue weighted by Crippen LogP contribution is -2.39. The molecule has 1 N–H and O–H groups in total. The first-order chi connectivity index (χ1) is 7.25. The molecule has 1 atom stereocenters. The second-order valence-corrected chi connectivity index (χ2v) is 4.37. The maximum atomic E-state index is 6.01. The lowest BCUT2D eigenvalue weighted by molar-refractivity contribution is 0.360. The van der Waals surface area contributed by atoms with Gasteiger partial charge in [-0.15, -0.1) is 0 Å². The summed E-state index contributed by atoms with van der Waals surface area (Å²) in [7, 11) is 0. The van der Waals surface area contributed by atoms with Crippen molar-refractivity contribution in [1.29, 1.82) is 0 Å². The number of hydrogen-bond acceptors (Lipinski definition) is 3. The number of aliphatic imine (C=N–C) groups is 1. The van der Waals surface area contributed by atoms with Crippen LogP contribution in [0, 0.1) is 0 Å². The number of halogens is 1. The second kappa shape index (κ2) is 3.14. The Morgan fingerprint density at radius 3 is 3.27 bits per heavy atom. The maximum Gasteiger partial charge on any atom is 0.199 e. The van der Waals surface area contributed by atoms with E-state index in [9.17, 15) is 0 Å². The van der Waals surface area contributed by atoms with E-state index in [1.54, 1.807) is 0 Å². The predicted molar refractivity (Wildman–Crippen MR) is 62.5 cm³/mol. The summed E-state index contributed by atoms with van der Waals surface area (Å²) in [5, 5.41) is 4.13. The number of nitrogens with one attached hydrogen (secondary N) is 1. The van der Waals surface area contributed by atoms with E-state index in [4.69, 9.17) is 11.6 Å². The molecule has 1 unspecified atom stereocenters. The van der Waals surface area contributed by atoms with Crippen LogP contribution in [0.1, 0.15) is 18.5 Å². The average molecular weight is 222 g/mol. The van der Waals surface area contributed by atoms with Crippen molar-refractivity contribution in [3.8, 4) is 0 Å². The number of nitrogens with zero attached hydrogens (tertiary/aromatic N) is 2. The van der Waals surface area contributed by atoms with Crippen molar-refractivity contribution in [3.63, 3.8) is 0 Å². The molecule has 2 aliphatic heterocycles. The molecular formula is C11H12ClN3. The van der Waals surface area contributed by atoms with Gasteiger partial charge in [-0.3, -0.25) is 4.99 Å². The van der Waals surface area contributed by atoms with Crippen molar-refractivity contribution in [2.24, 2.45) is 4.99 Å². The summed E-state index contributed by atoms with van der Waals surface area (Å²) in [4.78, 5) is 6.70. The first-order valence-corrected chi connectivity index (χ1v) is 5.51. The van der Waals surface area contributed by atoms with Crippen LogP contribution >= 0.6 is 11.6 Å². The molecular weight excluding hydrogens is 210 g/mol. The molecule has 1 aromatic carbocycles. The molecule has 0 aliphatic carbocycles. The third-order valence-corrected chi connectivity index (χ3v) is 3.29. The Morgan fingerprint density at radius 2 is 2.40 bits per heavy atom. The van der Waals surface area contributed by atoms with Gasteiger partial charge < -0.3 is 10.2 Å². The van der Waals surface area contributed by atoms with Crippen LogP contribution in [0.25, 0.3) is 0 Å². The summed E-state index contributed by atoms with van der Waals surface area (Å²) >= 11 is 6.01. The maximum absolute atomic E-state index is 6.01. The molecule has 0 amide bonds. The topological polar surface area (TPSA) is 27.6 Å². The molecule has 2 aliphatic rings. The Kier molecular flexibility index (Phi) is 1.89. The van der Waals surface area contributed by atoms with Crippen LogP contribution in [0.2, 0.25) is 5.02 Å². The van der Waals surface area contributed by atoms with Gasteiger partial charge in [-0.05, 0) is 30.7 Å². The first kappa shape index (κ1) is 9.04. The molecule has 4 heteroatoms. The van der Waals surface area contributed by atoms with Crippen LogP contribution in [0.5, 0.6) is 0 Å². The minimum absolute atomic E-state index is 0.362. The highest BCUT2D eigenvalue weighted by Crippen LogP contribution is 2.35. The van der Waals surface area contributed by atoms with Gasteiger partial charge in [0, 0.05) is 17.3 Å². The molecule has 0 radical (unpaired) electrons. The summed E-state index contributed by atoms with van der Waals surface area (Å²) in [6.07, 6.45) is 0. The molecule has 0 aromatic heterocycles. The van der Waals surface area contributed by atoms with Gasteiger partial charge in [-0.25, -0.2) is 0 Å². The molecule has 1 aromatic rings. The molecule has 78 valence electrons. The van der Waals surface area contributed by atoms with Crippen LogP contribution in [0.3, 0.4) is 0 Å². The van der Waals surface area contributed by atoms with Crippen molar-refractivity contribution in [2.45, 2.75) is 13.0 Å². The third kappa shape index (κ3) is 1.30. The summed E-state index contributed by atoms with van der Waals surface area (Å²) in [5.74, 6) is 0.998. The van der Waals surface area contributed by atoms with E-state index in [0.29, 0.717) is 6.04 Å². The molecule has 0 bridgehead atoms. The Hall–Kier alpha value is -1.22. The Balaban J connectivity index is 2.10. The van der Waals surface area contributed by atoms with Crippen molar-refractivity contribution in [1.82, 2.24) is 4.90 Å². The van der Waals surface area contributed by atoms with E-state index in [1.807, 2.05) is 18.2 Å². The fraction of sp³-hybridized carbons (Fsp3) is 0.364. The second-order valence-electron chi connectivity index (χ2n) is 3.93. The van der Waals surface area contributed by atoms with Gasteiger partial charge in [0.15, 0.2) is 5.96 Å². The summed E-state index contributed by atoms with van der Waals surface area (Å²) in [5.41, 5.74) is 2.38. The molecule has 0 fully saturated rings. The quantitative estimate of drug-likeness (QED) is 0.729. The first-order valence-electron chi connectivity index (χ1n) is 5.13. The minimum Gasteiger partial charge on any atom is -0.334 e. The van der Waals surface area contributed by atoms with Crippen LogP contribution in [0.4, 0.5) is 5.69 Å². The van der Waals surface area contributed by atoms with Gasteiger partial charge in [0.25, 0.3) is 0 Å². The van der Waals surface area contributed by atoms with E-state index >= 15 is 0 Å². The van der Waals surface area contributed by atoms with Crippen LogP contribution < -0.4 is 5.32 Å². The smallest absolute Gasteiger partial charge is 0.199 e. The number of fused-ring (bicyclic) bond motifs is 2. The minimum atomic E-state index is 0.362. The van der Waals surface area contributed by atoms with Crippen molar-refractivity contribution < 1.29 is 0 Å². The monoisotopic (exact) mass is 221 g/mol. The van der Waals surface area contributed by atoms with E-state index < -0.39 is 0 Å². The highest BCUT2D eigenvalue weighted by atomic mass is 35.5. The highest BCUT2D eigenvalue weighted by Gasteiger charge is 2.30. The number of rotatable bonds is 0. The molecule has 0 spiro atoms. The van der Waals surface area contributed by atoms with E-state index in [1.165, 1.54) is 5.56 Å². The van der Waals surface area contributed by atoms with Crippen LogP contribution in [-0.4, -0.2) is 23.9 Å². The molecule has 2 heterocycles. The lowest BCUT2D eigenvalue weighted by Gasteiger charge is -2.34. The van der Waals surface area contributed by atoms with Gasteiger partial charge in [-0.1, -0.05) is 11.6 Å². The van der Waals surface area contributed by atoms with Gasteiger partial charge >= 0.3 is 0 Å². The molecule has 0 saturated heterocycles. The Morgan fingerprint density at radius 1 is 1.53 bits per heavy atom. The largest absolute Gasteiger partial charge is 0.334 e.